The van der Waals surface area contributed by atoms with Gasteiger partial charge in [0.05, 0.1) is 30.9 Å². The van der Waals surface area contributed by atoms with E-state index in [-0.39, 0.29) is 28.6 Å². The minimum absolute atomic E-state index is 0.0702. The molecular formula is C29H38ClF2N5O4. The highest BCUT2D eigenvalue weighted by Gasteiger charge is 2.35. The third-order valence-electron chi connectivity index (χ3n) is 6.15. The number of carbonyl (C=O) groups excluding carboxylic acids is 3. The molecule has 2 aromatic carbocycles. The van der Waals surface area contributed by atoms with E-state index in [0.717, 1.165) is 0 Å². The summed E-state index contributed by atoms with van der Waals surface area (Å²) in [6.45, 7) is -0.363. The molecule has 0 aliphatic rings. The first-order chi connectivity index (χ1) is 19.6. The van der Waals surface area contributed by atoms with Crippen LogP contribution < -0.4 is 26.0 Å². The van der Waals surface area contributed by atoms with Crippen LogP contribution in [0.15, 0.2) is 59.9 Å². The average molecular weight is 594 g/mol. The van der Waals surface area contributed by atoms with Crippen LogP contribution >= 0.6 is 11.6 Å². The van der Waals surface area contributed by atoms with Gasteiger partial charge in [-0.2, -0.15) is 0 Å². The second kappa shape index (κ2) is 16.5. The molecule has 0 atom stereocenters. The highest BCUT2D eigenvalue weighted by Crippen LogP contribution is 2.26. The summed E-state index contributed by atoms with van der Waals surface area (Å²) in [5.74, 6) is -1.79. The van der Waals surface area contributed by atoms with Crippen molar-refractivity contribution in [3.05, 3.63) is 70.5 Å². The summed E-state index contributed by atoms with van der Waals surface area (Å²) >= 11 is 6.02. The number of hydrogen-bond acceptors (Lipinski definition) is 6. The van der Waals surface area contributed by atoms with Gasteiger partial charge in [-0.3, -0.25) is 23.2 Å². The largest absolute Gasteiger partial charge is 0.493 e. The normalized spacial score (nSPS) is 11.9. The van der Waals surface area contributed by atoms with E-state index in [1.165, 1.54) is 12.1 Å². The molecule has 4 N–H and O–H groups in total. The van der Waals surface area contributed by atoms with Gasteiger partial charge in [-0.25, -0.2) is 0 Å². The predicted octanol–water partition coefficient (Wildman–Crippen LogP) is 3.92. The standard InChI is InChI=1S/C29H38ClF2N5O4/c1-5-41-24-12-11-20(30)15-22(24)27(39)34-19-29(17-31,18-32)16-25(38)36-26(23(33-2)13-14-37(3)4)28(40)35-21-9-7-6-8-10-21/h6-12,15,33H,5,13-14,16-19H2,1-4H3,(H,34,39)(H,35,40)(H,36,38)/b26-23+. The number of carbonyl (C=O) groups is 3. The summed E-state index contributed by atoms with van der Waals surface area (Å²) in [6.07, 6.45) is -0.253. The number of para-hydroxylation sites is 1. The van der Waals surface area contributed by atoms with Gasteiger partial charge in [0, 0.05) is 49.4 Å². The Morgan fingerprint density at radius 1 is 1.05 bits per heavy atom. The number of ether oxygens (including phenoxy) is 1. The molecule has 0 saturated carbocycles. The lowest BCUT2D eigenvalue weighted by Gasteiger charge is -2.28. The van der Waals surface area contributed by atoms with Crippen LogP contribution in [0.5, 0.6) is 5.75 Å². The Kier molecular flexibility index (Phi) is 13.5. The Morgan fingerprint density at radius 2 is 1.73 bits per heavy atom. The van der Waals surface area contributed by atoms with E-state index in [1.54, 1.807) is 50.4 Å². The fourth-order valence-electron chi connectivity index (χ4n) is 3.83. The Morgan fingerprint density at radius 3 is 2.32 bits per heavy atom. The molecule has 2 rings (SSSR count). The molecule has 0 fully saturated rings. The first-order valence-corrected chi connectivity index (χ1v) is 13.5. The van der Waals surface area contributed by atoms with E-state index in [9.17, 15) is 23.2 Å². The van der Waals surface area contributed by atoms with Crippen LogP contribution in [0.1, 0.15) is 30.1 Å². The molecule has 0 aliphatic heterocycles. The van der Waals surface area contributed by atoms with Gasteiger partial charge < -0.3 is 30.9 Å². The quantitative estimate of drug-likeness (QED) is 0.220. The zero-order chi connectivity index (χ0) is 30.4. The average Bonchev–Trinajstić information content (AvgIpc) is 2.96. The van der Waals surface area contributed by atoms with E-state index >= 15 is 0 Å². The number of benzene rings is 2. The molecule has 0 radical (unpaired) electrons. The van der Waals surface area contributed by atoms with Gasteiger partial charge in [-0.1, -0.05) is 29.8 Å². The lowest BCUT2D eigenvalue weighted by Crippen LogP contribution is -2.45. The van der Waals surface area contributed by atoms with Crippen LogP contribution in [-0.4, -0.2) is 76.8 Å². The number of anilines is 1. The Labute approximate surface area is 244 Å². The molecule has 0 bridgehead atoms. The van der Waals surface area contributed by atoms with Crippen LogP contribution in [0.2, 0.25) is 5.02 Å². The van der Waals surface area contributed by atoms with Gasteiger partial charge in [0.25, 0.3) is 11.8 Å². The highest BCUT2D eigenvalue weighted by atomic mass is 35.5. The maximum absolute atomic E-state index is 14.3. The van der Waals surface area contributed by atoms with Gasteiger partial charge in [0.15, 0.2) is 0 Å². The van der Waals surface area contributed by atoms with Crippen LogP contribution in [0.25, 0.3) is 0 Å². The number of nitrogens with zero attached hydrogens (tertiary/aromatic N) is 1. The van der Waals surface area contributed by atoms with Crippen LogP contribution in [0.4, 0.5) is 14.5 Å². The summed E-state index contributed by atoms with van der Waals surface area (Å²) < 4.78 is 34.0. The summed E-state index contributed by atoms with van der Waals surface area (Å²) in [4.78, 5) is 41.2. The zero-order valence-electron chi connectivity index (χ0n) is 23.8. The predicted molar refractivity (Wildman–Crippen MR) is 156 cm³/mol. The van der Waals surface area contributed by atoms with E-state index < -0.39 is 49.5 Å². The Balaban J connectivity index is 2.25. The third kappa shape index (κ3) is 10.3. The van der Waals surface area contributed by atoms with Crippen molar-refractivity contribution >= 4 is 35.0 Å². The lowest BCUT2D eigenvalue weighted by molar-refractivity contribution is -0.125. The number of alkyl halides is 2. The fourth-order valence-corrected chi connectivity index (χ4v) is 4.00. The molecule has 224 valence electrons. The maximum Gasteiger partial charge on any atom is 0.273 e. The fraction of sp³-hybridized carbons (Fsp3) is 0.414. The monoisotopic (exact) mass is 593 g/mol. The highest BCUT2D eigenvalue weighted by molar-refractivity contribution is 6.31. The molecule has 12 heteroatoms. The van der Waals surface area contributed by atoms with Gasteiger partial charge in [0.1, 0.15) is 11.4 Å². The van der Waals surface area contributed by atoms with Crippen molar-refractivity contribution < 1.29 is 27.9 Å². The number of nitrogens with one attached hydrogen (secondary N) is 4. The molecule has 0 saturated heterocycles. The van der Waals surface area contributed by atoms with Crippen LogP contribution in [-0.2, 0) is 9.59 Å². The molecule has 3 amide bonds. The smallest absolute Gasteiger partial charge is 0.273 e. The number of rotatable bonds is 16. The SMILES string of the molecule is CCOc1ccc(Cl)cc1C(=O)NCC(CF)(CF)CC(=O)N/C(C(=O)Nc1ccccc1)=C(\CCN(C)C)NC. The summed E-state index contributed by atoms with van der Waals surface area (Å²) in [7, 11) is 5.34. The van der Waals surface area contributed by atoms with Gasteiger partial charge in [-0.05, 0) is 51.4 Å². The topological polar surface area (TPSA) is 112 Å². The number of hydrogen-bond donors (Lipinski definition) is 4. The van der Waals surface area contributed by atoms with Gasteiger partial charge >= 0.3 is 0 Å². The Bertz CT molecular complexity index is 1210. The number of halogens is 3. The third-order valence-corrected chi connectivity index (χ3v) is 6.38. The van der Waals surface area contributed by atoms with Crippen LogP contribution in [0, 0.1) is 5.41 Å². The second-order valence-electron chi connectivity index (χ2n) is 9.73. The summed E-state index contributed by atoms with van der Waals surface area (Å²) in [5, 5.41) is 11.0. The van der Waals surface area contributed by atoms with E-state index in [0.29, 0.717) is 24.4 Å². The molecule has 0 aliphatic carbocycles. The molecule has 41 heavy (non-hydrogen) atoms. The van der Waals surface area contributed by atoms with Crippen molar-refractivity contribution in [2.45, 2.75) is 19.8 Å². The van der Waals surface area contributed by atoms with E-state index in [1.807, 2.05) is 19.0 Å². The lowest BCUT2D eigenvalue weighted by atomic mass is 9.86. The van der Waals surface area contributed by atoms with E-state index in [2.05, 4.69) is 21.3 Å². The minimum Gasteiger partial charge on any atom is -0.493 e. The van der Waals surface area contributed by atoms with E-state index in [4.69, 9.17) is 16.3 Å². The molecule has 2 aromatic rings. The minimum atomic E-state index is -1.87. The summed E-state index contributed by atoms with van der Waals surface area (Å²) in [6, 6.07) is 13.1. The molecule has 0 heterocycles. The molecule has 9 nitrogen and oxygen atoms in total. The van der Waals surface area contributed by atoms with Gasteiger partial charge in [-0.15, -0.1) is 0 Å². The van der Waals surface area contributed by atoms with Crippen LogP contribution in [0.3, 0.4) is 0 Å². The molecule has 0 aromatic heterocycles. The van der Waals surface area contributed by atoms with Crippen molar-refractivity contribution in [1.82, 2.24) is 20.9 Å². The second-order valence-corrected chi connectivity index (χ2v) is 10.2. The van der Waals surface area contributed by atoms with Crippen molar-refractivity contribution in [2.24, 2.45) is 5.41 Å². The maximum atomic E-state index is 14.3. The van der Waals surface area contributed by atoms with Crippen molar-refractivity contribution in [1.29, 1.82) is 0 Å². The Hall–Kier alpha value is -3.70. The molecule has 0 spiro atoms. The molecular weight excluding hydrogens is 556 g/mol. The first kappa shape index (κ1) is 33.5. The van der Waals surface area contributed by atoms with Gasteiger partial charge in [0.2, 0.25) is 5.91 Å². The van der Waals surface area contributed by atoms with Crippen molar-refractivity contribution in [2.75, 3.05) is 59.5 Å². The summed E-state index contributed by atoms with van der Waals surface area (Å²) in [5.41, 5.74) is -0.903. The zero-order valence-corrected chi connectivity index (χ0v) is 24.5. The van der Waals surface area contributed by atoms with Crippen molar-refractivity contribution in [3.63, 3.8) is 0 Å². The number of amides is 3. The first-order valence-electron chi connectivity index (χ1n) is 13.1. The van der Waals surface area contributed by atoms with Crippen molar-refractivity contribution in [3.8, 4) is 5.75 Å². The molecule has 0 unspecified atom stereocenters.